The van der Waals surface area contributed by atoms with Gasteiger partial charge in [0, 0.05) is 17.1 Å². The number of carbonyl (C=O) groups excluding carboxylic acids is 1. The number of fused-ring (bicyclic) bond motifs is 1. The molecule has 0 saturated heterocycles. The highest BCUT2D eigenvalue weighted by atomic mass is 35.5. The molecule has 0 fully saturated rings. The molecule has 5 nitrogen and oxygen atoms in total. The molecule has 1 amide bonds. The van der Waals surface area contributed by atoms with E-state index >= 15 is 0 Å². The van der Waals surface area contributed by atoms with Crippen molar-refractivity contribution in [3.05, 3.63) is 52.5 Å². The average molecular weight is 337 g/mol. The number of primary sulfonamides is 1. The van der Waals surface area contributed by atoms with Crippen LogP contribution in [0.3, 0.4) is 0 Å². The number of rotatable bonds is 2. The summed E-state index contributed by atoms with van der Waals surface area (Å²) < 4.78 is 22.6. The molecule has 0 bridgehead atoms. The van der Waals surface area contributed by atoms with Gasteiger partial charge in [-0.15, -0.1) is 0 Å². The Kier molecular flexibility index (Phi) is 3.68. The minimum atomic E-state index is -3.73. The van der Waals surface area contributed by atoms with Crippen molar-refractivity contribution in [3.63, 3.8) is 0 Å². The SMILES string of the molecule is NS(=O)(=O)c1ccc(-c2cc(Cl)cc3c2CCNC3=O)cc1. The van der Waals surface area contributed by atoms with Crippen LogP contribution in [0.1, 0.15) is 15.9 Å². The van der Waals surface area contributed by atoms with E-state index in [9.17, 15) is 13.2 Å². The van der Waals surface area contributed by atoms with Crippen LogP contribution in [0.25, 0.3) is 11.1 Å². The Morgan fingerprint density at radius 1 is 1.09 bits per heavy atom. The molecule has 0 aromatic heterocycles. The van der Waals surface area contributed by atoms with Gasteiger partial charge in [-0.3, -0.25) is 4.79 Å². The van der Waals surface area contributed by atoms with Gasteiger partial charge in [0.25, 0.3) is 5.91 Å². The van der Waals surface area contributed by atoms with Gasteiger partial charge in [0.15, 0.2) is 0 Å². The Hall–Kier alpha value is -1.89. The maximum atomic E-state index is 11.9. The third-order valence-electron chi connectivity index (χ3n) is 3.61. The highest BCUT2D eigenvalue weighted by Gasteiger charge is 2.21. The summed E-state index contributed by atoms with van der Waals surface area (Å²) in [4.78, 5) is 12.0. The van der Waals surface area contributed by atoms with Crippen molar-refractivity contribution in [2.75, 3.05) is 6.54 Å². The second kappa shape index (κ2) is 5.39. The maximum absolute atomic E-state index is 11.9. The van der Waals surface area contributed by atoms with Gasteiger partial charge in [0.1, 0.15) is 0 Å². The molecule has 22 heavy (non-hydrogen) atoms. The van der Waals surface area contributed by atoms with E-state index in [0.29, 0.717) is 23.6 Å². The number of benzene rings is 2. The summed E-state index contributed by atoms with van der Waals surface area (Å²) in [5.41, 5.74) is 3.10. The second-order valence-electron chi connectivity index (χ2n) is 5.05. The van der Waals surface area contributed by atoms with E-state index in [2.05, 4.69) is 5.32 Å². The molecular formula is C15H13ClN2O3S. The normalized spacial score (nSPS) is 14.4. The monoisotopic (exact) mass is 336 g/mol. The van der Waals surface area contributed by atoms with Crippen LogP contribution in [-0.4, -0.2) is 20.9 Å². The highest BCUT2D eigenvalue weighted by molar-refractivity contribution is 7.89. The summed E-state index contributed by atoms with van der Waals surface area (Å²) in [5.74, 6) is -0.147. The second-order valence-corrected chi connectivity index (χ2v) is 7.05. The van der Waals surface area contributed by atoms with Crippen LogP contribution in [0.4, 0.5) is 0 Å². The maximum Gasteiger partial charge on any atom is 0.251 e. The number of hydrogen-bond acceptors (Lipinski definition) is 3. The van der Waals surface area contributed by atoms with Crippen molar-refractivity contribution in [1.29, 1.82) is 0 Å². The molecule has 1 aliphatic heterocycles. The van der Waals surface area contributed by atoms with E-state index in [1.165, 1.54) is 12.1 Å². The van der Waals surface area contributed by atoms with Crippen LogP contribution in [0.2, 0.25) is 5.02 Å². The summed E-state index contributed by atoms with van der Waals surface area (Å²) in [6, 6.07) is 9.65. The Morgan fingerprint density at radius 3 is 2.36 bits per heavy atom. The van der Waals surface area contributed by atoms with Crippen LogP contribution in [-0.2, 0) is 16.4 Å². The molecule has 1 aliphatic rings. The number of halogens is 1. The van der Waals surface area contributed by atoms with Gasteiger partial charge < -0.3 is 5.32 Å². The first-order chi connectivity index (χ1) is 10.4. The Bertz CT molecular complexity index is 861. The van der Waals surface area contributed by atoms with Crippen LogP contribution >= 0.6 is 11.6 Å². The number of sulfonamides is 1. The van der Waals surface area contributed by atoms with Gasteiger partial charge >= 0.3 is 0 Å². The lowest BCUT2D eigenvalue weighted by Gasteiger charge is -2.20. The molecule has 0 unspecified atom stereocenters. The molecule has 7 heteroatoms. The molecular weight excluding hydrogens is 324 g/mol. The summed E-state index contributed by atoms with van der Waals surface area (Å²) in [6.07, 6.45) is 0.699. The Balaban J connectivity index is 2.14. The average Bonchev–Trinajstić information content (AvgIpc) is 2.47. The van der Waals surface area contributed by atoms with Gasteiger partial charge in [0.05, 0.1) is 4.90 Å². The third-order valence-corrected chi connectivity index (χ3v) is 4.76. The van der Waals surface area contributed by atoms with Crippen molar-refractivity contribution in [2.24, 2.45) is 5.14 Å². The molecule has 0 radical (unpaired) electrons. The molecule has 1 heterocycles. The van der Waals surface area contributed by atoms with E-state index in [4.69, 9.17) is 16.7 Å². The summed E-state index contributed by atoms with van der Waals surface area (Å²) in [6.45, 7) is 0.565. The van der Waals surface area contributed by atoms with Crippen molar-refractivity contribution < 1.29 is 13.2 Å². The zero-order valence-corrected chi connectivity index (χ0v) is 13.0. The highest BCUT2D eigenvalue weighted by Crippen LogP contribution is 2.32. The van der Waals surface area contributed by atoms with Gasteiger partial charge in [-0.25, -0.2) is 13.6 Å². The molecule has 2 aromatic rings. The fourth-order valence-corrected chi connectivity index (χ4v) is 3.32. The van der Waals surface area contributed by atoms with Gasteiger partial charge in [-0.2, -0.15) is 0 Å². The lowest BCUT2D eigenvalue weighted by molar-refractivity contribution is 0.0946. The lowest BCUT2D eigenvalue weighted by atomic mass is 9.91. The van der Waals surface area contributed by atoms with Crippen LogP contribution in [0.15, 0.2) is 41.3 Å². The molecule has 0 aliphatic carbocycles. The molecule has 3 N–H and O–H groups in total. The Morgan fingerprint density at radius 2 is 1.73 bits per heavy atom. The molecule has 0 atom stereocenters. The van der Waals surface area contributed by atoms with Gasteiger partial charge in [-0.1, -0.05) is 23.7 Å². The lowest BCUT2D eigenvalue weighted by Crippen LogP contribution is -2.32. The van der Waals surface area contributed by atoms with Crippen LogP contribution in [0.5, 0.6) is 0 Å². The summed E-state index contributed by atoms with van der Waals surface area (Å²) >= 11 is 6.10. The van der Waals surface area contributed by atoms with E-state index in [1.54, 1.807) is 24.3 Å². The first-order valence-electron chi connectivity index (χ1n) is 6.60. The smallest absolute Gasteiger partial charge is 0.251 e. The largest absolute Gasteiger partial charge is 0.352 e. The van der Waals surface area contributed by atoms with Crippen molar-refractivity contribution in [2.45, 2.75) is 11.3 Å². The van der Waals surface area contributed by atoms with Crippen LogP contribution in [0, 0.1) is 0 Å². The molecule has 2 aromatic carbocycles. The summed E-state index contributed by atoms with van der Waals surface area (Å²) in [7, 11) is -3.73. The first-order valence-corrected chi connectivity index (χ1v) is 8.52. The molecule has 0 spiro atoms. The molecule has 114 valence electrons. The number of carbonyl (C=O) groups is 1. The number of amides is 1. The zero-order valence-electron chi connectivity index (χ0n) is 11.5. The predicted molar refractivity (Wildman–Crippen MR) is 84.3 cm³/mol. The minimum absolute atomic E-state index is 0.0462. The van der Waals surface area contributed by atoms with E-state index in [0.717, 1.165) is 16.7 Å². The topological polar surface area (TPSA) is 89.3 Å². The summed E-state index contributed by atoms with van der Waals surface area (Å²) in [5, 5.41) is 8.34. The standard InChI is InChI=1S/C15H13ClN2O3S/c16-10-7-13(12-5-6-18-15(19)14(12)8-10)9-1-3-11(4-2-9)22(17,20)21/h1-4,7-8H,5-6H2,(H,18,19)(H2,17,20,21). The van der Waals surface area contributed by atoms with Crippen molar-refractivity contribution in [1.82, 2.24) is 5.32 Å². The van der Waals surface area contributed by atoms with E-state index < -0.39 is 10.0 Å². The molecule has 3 rings (SSSR count). The zero-order chi connectivity index (χ0) is 15.9. The number of hydrogen-bond donors (Lipinski definition) is 2. The third kappa shape index (κ3) is 2.72. The van der Waals surface area contributed by atoms with Crippen molar-refractivity contribution >= 4 is 27.5 Å². The van der Waals surface area contributed by atoms with E-state index in [-0.39, 0.29) is 10.8 Å². The van der Waals surface area contributed by atoms with Crippen molar-refractivity contribution in [3.8, 4) is 11.1 Å². The fraction of sp³-hybridized carbons (Fsp3) is 0.133. The number of nitrogens with one attached hydrogen (secondary N) is 1. The number of nitrogens with two attached hydrogens (primary N) is 1. The first kappa shape index (κ1) is 15.0. The van der Waals surface area contributed by atoms with E-state index in [1.807, 2.05) is 0 Å². The van der Waals surface area contributed by atoms with Crippen LogP contribution < -0.4 is 10.5 Å². The van der Waals surface area contributed by atoms with Gasteiger partial charge in [0.2, 0.25) is 10.0 Å². The minimum Gasteiger partial charge on any atom is -0.352 e. The Labute approximate surface area is 133 Å². The fourth-order valence-electron chi connectivity index (χ4n) is 2.59. The predicted octanol–water partition coefficient (Wildman–Crippen LogP) is 1.94. The molecule has 0 saturated carbocycles. The quantitative estimate of drug-likeness (QED) is 0.878. The van der Waals surface area contributed by atoms with Gasteiger partial charge in [-0.05, 0) is 47.4 Å².